The highest BCUT2D eigenvalue weighted by atomic mass is 19.4. The summed E-state index contributed by atoms with van der Waals surface area (Å²) in [7, 11) is 0. The molecule has 0 saturated heterocycles. The summed E-state index contributed by atoms with van der Waals surface area (Å²) in [6, 6.07) is 16.7. The molecule has 0 aliphatic rings. The average Bonchev–Trinajstić information content (AvgIpc) is 3.01. The minimum atomic E-state index is -4.77. The Bertz CT molecular complexity index is 1610. The largest absolute Gasteiger partial charge is 0.416 e. The van der Waals surface area contributed by atoms with Crippen LogP contribution in [-0.4, -0.2) is 0 Å². The lowest BCUT2D eigenvalue weighted by Crippen LogP contribution is -2.12. The zero-order chi connectivity index (χ0) is 37.4. The molecule has 4 rings (SSSR count). The summed E-state index contributed by atoms with van der Waals surface area (Å²) in [5.74, 6) is -6.04. The third-order valence-corrected chi connectivity index (χ3v) is 7.33. The van der Waals surface area contributed by atoms with Gasteiger partial charge in [-0.3, -0.25) is 0 Å². The van der Waals surface area contributed by atoms with E-state index in [2.05, 4.69) is 31.3 Å². The van der Waals surface area contributed by atoms with Crippen molar-refractivity contribution in [1.29, 1.82) is 0 Å². The van der Waals surface area contributed by atoms with Crippen LogP contribution in [0.2, 0.25) is 0 Å². The molecule has 12 heteroatoms. The van der Waals surface area contributed by atoms with Gasteiger partial charge in [0, 0.05) is 23.4 Å². The molecular formula is C37H38F11N. The molecule has 0 atom stereocenters. The number of halogens is 11. The Morgan fingerprint density at radius 2 is 1.06 bits per heavy atom. The van der Waals surface area contributed by atoms with E-state index in [1.807, 2.05) is 24.3 Å². The summed E-state index contributed by atoms with van der Waals surface area (Å²) < 4.78 is 140. The molecule has 4 aromatic carbocycles. The first-order valence-corrected chi connectivity index (χ1v) is 15.2. The molecule has 0 saturated carbocycles. The maximum atomic E-state index is 13.3. The van der Waals surface area contributed by atoms with E-state index in [9.17, 15) is 48.3 Å². The van der Waals surface area contributed by atoms with Gasteiger partial charge in [0.25, 0.3) is 0 Å². The topological polar surface area (TPSA) is 12.0 Å². The minimum absolute atomic E-state index is 0.0205. The van der Waals surface area contributed by atoms with Crippen LogP contribution >= 0.6 is 0 Å². The van der Waals surface area contributed by atoms with Crippen molar-refractivity contribution in [3.63, 3.8) is 0 Å². The Morgan fingerprint density at radius 3 is 1.47 bits per heavy atom. The standard InChI is InChI=1S/C16H18FN.C11H10F6.C10H10F4/c1-12(2)15-9-8-14(17)10-16(15)18-11-13-6-4-3-5-7-13;1-6(2)7-3-8(10(12,13)14)5-9(4-7)11(15,16)17;1-4(2)6-9(13)7(11)5(3)8(12)10(6)14/h3-10,12,18H,11H2,1-2H3;3-6H,1-2H3;4H,1-3H3. The number of hydrogen-bond acceptors (Lipinski definition) is 1. The predicted molar refractivity (Wildman–Crippen MR) is 170 cm³/mol. The summed E-state index contributed by atoms with van der Waals surface area (Å²) in [5.41, 5.74) is -0.452. The Kier molecular flexibility index (Phi) is 14.3. The summed E-state index contributed by atoms with van der Waals surface area (Å²) in [6.45, 7) is 11.9. The number of benzene rings is 4. The highest BCUT2D eigenvalue weighted by molar-refractivity contribution is 5.53. The third-order valence-electron chi connectivity index (χ3n) is 7.33. The van der Waals surface area contributed by atoms with E-state index >= 15 is 0 Å². The van der Waals surface area contributed by atoms with Crippen LogP contribution in [0.5, 0.6) is 0 Å². The Hall–Kier alpha value is -4.09. The summed E-state index contributed by atoms with van der Waals surface area (Å²) in [4.78, 5) is 0. The molecule has 0 heterocycles. The maximum Gasteiger partial charge on any atom is 0.416 e. The van der Waals surface area contributed by atoms with Crippen molar-refractivity contribution < 1.29 is 48.3 Å². The van der Waals surface area contributed by atoms with Crippen molar-refractivity contribution >= 4 is 5.69 Å². The second-order valence-electron chi connectivity index (χ2n) is 12.2. The fourth-order valence-corrected chi connectivity index (χ4v) is 4.56. The Morgan fingerprint density at radius 1 is 0.571 bits per heavy atom. The fraction of sp³-hybridized carbons (Fsp3) is 0.351. The quantitative estimate of drug-likeness (QED) is 0.156. The van der Waals surface area contributed by atoms with Gasteiger partial charge in [0.15, 0.2) is 23.3 Å². The molecule has 0 aromatic heterocycles. The average molecular weight is 706 g/mol. The number of anilines is 1. The number of rotatable bonds is 6. The first-order valence-electron chi connectivity index (χ1n) is 15.2. The van der Waals surface area contributed by atoms with Crippen molar-refractivity contribution in [1.82, 2.24) is 0 Å². The zero-order valence-corrected chi connectivity index (χ0v) is 27.9. The van der Waals surface area contributed by atoms with Gasteiger partial charge >= 0.3 is 12.4 Å². The van der Waals surface area contributed by atoms with Crippen molar-refractivity contribution in [2.24, 2.45) is 0 Å². The van der Waals surface area contributed by atoms with Crippen LogP contribution in [-0.2, 0) is 18.9 Å². The van der Waals surface area contributed by atoms with E-state index in [0.29, 0.717) is 12.5 Å². The smallest absolute Gasteiger partial charge is 0.381 e. The highest BCUT2D eigenvalue weighted by Crippen LogP contribution is 2.37. The lowest BCUT2D eigenvalue weighted by atomic mass is 9.97. The van der Waals surface area contributed by atoms with Crippen molar-refractivity contribution in [2.75, 3.05) is 5.32 Å². The molecular weight excluding hydrogens is 667 g/mol. The van der Waals surface area contributed by atoms with E-state index in [-0.39, 0.29) is 17.4 Å². The zero-order valence-electron chi connectivity index (χ0n) is 27.9. The van der Waals surface area contributed by atoms with Crippen LogP contribution < -0.4 is 5.32 Å². The summed E-state index contributed by atoms with van der Waals surface area (Å²) in [5, 5.41) is 3.31. The molecule has 0 unspecified atom stereocenters. The van der Waals surface area contributed by atoms with Gasteiger partial charge in [-0.15, -0.1) is 0 Å². The van der Waals surface area contributed by atoms with Gasteiger partial charge in [-0.2, -0.15) is 26.3 Å². The Labute approximate surface area is 279 Å². The summed E-state index contributed by atoms with van der Waals surface area (Å²) in [6.07, 6.45) is -9.55. The van der Waals surface area contributed by atoms with Gasteiger partial charge in [-0.05, 0) is 71.7 Å². The van der Waals surface area contributed by atoms with Gasteiger partial charge in [-0.1, -0.05) is 77.9 Å². The second-order valence-corrected chi connectivity index (χ2v) is 12.2. The van der Waals surface area contributed by atoms with Gasteiger partial charge < -0.3 is 5.32 Å². The van der Waals surface area contributed by atoms with Crippen molar-refractivity contribution in [2.45, 2.75) is 85.1 Å². The highest BCUT2D eigenvalue weighted by Gasteiger charge is 2.37. The molecule has 4 aromatic rings. The van der Waals surface area contributed by atoms with Gasteiger partial charge in [0.1, 0.15) is 5.82 Å². The first-order chi connectivity index (χ1) is 22.6. The molecule has 0 bridgehead atoms. The molecule has 0 aliphatic heterocycles. The van der Waals surface area contributed by atoms with E-state index in [1.54, 1.807) is 6.07 Å². The van der Waals surface area contributed by atoms with Crippen LogP contribution in [0.1, 0.15) is 98.2 Å². The van der Waals surface area contributed by atoms with E-state index in [0.717, 1.165) is 30.3 Å². The molecule has 0 radical (unpaired) electrons. The molecule has 268 valence electrons. The van der Waals surface area contributed by atoms with E-state index in [4.69, 9.17) is 0 Å². The van der Waals surface area contributed by atoms with Crippen LogP contribution in [0.3, 0.4) is 0 Å². The monoisotopic (exact) mass is 705 g/mol. The third kappa shape index (κ3) is 11.5. The van der Waals surface area contributed by atoms with Crippen LogP contribution in [0.15, 0.2) is 66.7 Å². The number of nitrogens with one attached hydrogen (secondary N) is 1. The summed E-state index contributed by atoms with van der Waals surface area (Å²) >= 11 is 0. The molecule has 0 spiro atoms. The van der Waals surface area contributed by atoms with E-state index < -0.39 is 69.7 Å². The molecule has 1 nitrogen and oxygen atoms in total. The number of hydrogen-bond donors (Lipinski definition) is 1. The van der Waals surface area contributed by atoms with Crippen LogP contribution in [0.25, 0.3) is 0 Å². The van der Waals surface area contributed by atoms with Crippen LogP contribution in [0, 0.1) is 36.0 Å². The first kappa shape index (κ1) is 41.1. The lowest BCUT2D eigenvalue weighted by molar-refractivity contribution is -0.143. The van der Waals surface area contributed by atoms with Gasteiger partial charge in [0.2, 0.25) is 0 Å². The fourth-order valence-electron chi connectivity index (χ4n) is 4.56. The van der Waals surface area contributed by atoms with Crippen molar-refractivity contribution in [3.8, 4) is 0 Å². The molecule has 0 amide bonds. The molecule has 0 aliphatic carbocycles. The lowest BCUT2D eigenvalue weighted by Gasteiger charge is -2.15. The minimum Gasteiger partial charge on any atom is -0.381 e. The SMILES string of the molecule is CC(C)c1cc(C(F)(F)F)cc(C(F)(F)F)c1.CC(C)c1ccc(F)cc1NCc1ccccc1.Cc1c(F)c(F)c(C(C)C)c(F)c1F. The normalized spacial score (nSPS) is 11.7. The van der Waals surface area contributed by atoms with Gasteiger partial charge in [0.05, 0.1) is 11.1 Å². The van der Waals surface area contributed by atoms with Gasteiger partial charge in [-0.25, -0.2) is 22.0 Å². The van der Waals surface area contributed by atoms with E-state index in [1.165, 1.54) is 39.3 Å². The maximum absolute atomic E-state index is 13.3. The molecule has 1 N–H and O–H groups in total. The molecule has 49 heavy (non-hydrogen) atoms. The van der Waals surface area contributed by atoms with Crippen molar-refractivity contribution in [3.05, 3.63) is 135 Å². The number of alkyl halides is 6. The van der Waals surface area contributed by atoms with Crippen LogP contribution in [0.4, 0.5) is 54.0 Å². The predicted octanol–water partition coefficient (Wildman–Crippen LogP) is 13.1. The second kappa shape index (κ2) is 17.0. The molecule has 0 fully saturated rings. The Balaban J connectivity index is 0.000000257.